The zero-order valence-electron chi connectivity index (χ0n) is 14.4. The molecule has 0 spiro atoms. The van der Waals surface area contributed by atoms with Gasteiger partial charge in [0.05, 0.1) is 12.1 Å². The Kier molecular flexibility index (Phi) is 6.29. The molecule has 0 bridgehead atoms. The molecule has 26 heavy (non-hydrogen) atoms. The van der Waals surface area contributed by atoms with Gasteiger partial charge in [0.2, 0.25) is 5.91 Å². The predicted molar refractivity (Wildman–Crippen MR) is 104 cm³/mol. The number of rotatable bonds is 8. The van der Waals surface area contributed by atoms with Gasteiger partial charge >= 0.3 is 0 Å². The maximum absolute atomic E-state index is 12.3. The summed E-state index contributed by atoms with van der Waals surface area (Å²) in [5, 5.41) is 8.39. The Balaban J connectivity index is 1.57. The van der Waals surface area contributed by atoms with E-state index in [1.807, 2.05) is 48.8 Å². The summed E-state index contributed by atoms with van der Waals surface area (Å²) in [5.74, 6) is 0.660. The molecule has 2 heterocycles. The van der Waals surface area contributed by atoms with E-state index in [9.17, 15) is 4.79 Å². The van der Waals surface area contributed by atoms with Gasteiger partial charge in [-0.3, -0.25) is 9.78 Å². The molecule has 0 atom stereocenters. The van der Waals surface area contributed by atoms with Gasteiger partial charge < -0.3 is 15.4 Å². The van der Waals surface area contributed by atoms with E-state index in [2.05, 4.69) is 20.6 Å². The SMILES string of the molecule is CNCCOc1cccc(CC(=O)Nc2nc(-c3ccncc3)cs2)c1. The summed E-state index contributed by atoms with van der Waals surface area (Å²) in [6.45, 7) is 1.36. The number of thiazole rings is 1. The molecule has 7 heteroatoms. The summed E-state index contributed by atoms with van der Waals surface area (Å²) >= 11 is 1.40. The molecule has 0 saturated heterocycles. The lowest BCUT2D eigenvalue weighted by atomic mass is 10.1. The Bertz CT molecular complexity index is 852. The van der Waals surface area contributed by atoms with Crippen LogP contribution in [0.5, 0.6) is 5.75 Å². The summed E-state index contributed by atoms with van der Waals surface area (Å²) < 4.78 is 5.63. The normalized spacial score (nSPS) is 10.5. The molecule has 0 aliphatic rings. The molecule has 1 aromatic carbocycles. The van der Waals surface area contributed by atoms with Gasteiger partial charge in [-0.1, -0.05) is 12.1 Å². The Labute approximate surface area is 156 Å². The number of hydrogen-bond acceptors (Lipinski definition) is 6. The minimum Gasteiger partial charge on any atom is -0.492 e. The third-order valence-corrected chi connectivity index (χ3v) is 4.37. The molecule has 0 aliphatic carbocycles. The number of anilines is 1. The molecule has 3 rings (SSSR count). The van der Waals surface area contributed by atoms with E-state index in [1.54, 1.807) is 12.4 Å². The fourth-order valence-corrected chi connectivity index (χ4v) is 3.09. The predicted octanol–water partition coefficient (Wildman–Crippen LogP) is 2.98. The van der Waals surface area contributed by atoms with Crippen LogP contribution in [0.15, 0.2) is 54.2 Å². The van der Waals surface area contributed by atoms with Crippen molar-refractivity contribution in [3.63, 3.8) is 0 Å². The number of ether oxygens (including phenoxy) is 1. The van der Waals surface area contributed by atoms with Gasteiger partial charge in [0.1, 0.15) is 12.4 Å². The van der Waals surface area contributed by atoms with E-state index < -0.39 is 0 Å². The van der Waals surface area contributed by atoms with Gasteiger partial charge in [0.25, 0.3) is 0 Å². The quantitative estimate of drug-likeness (QED) is 0.598. The first-order chi connectivity index (χ1) is 12.7. The zero-order chi connectivity index (χ0) is 18.2. The van der Waals surface area contributed by atoms with Crippen molar-refractivity contribution in [3.05, 3.63) is 59.7 Å². The van der Waals surface area contributed by atoms with Crippen molar-refractivity contribution < 1.29 is 9.53 Å². The van der Waals surface area contributed by atoms with Gasteiger partial charge in [-0.25, -0.2) is 4.98 Å². The highest BCUT2D eigenvalue weighted by Crippen LogP contribution is 2.24. The number of likely N-dealkylation sites (N-methyl/N-ethyl adjacent to an activating group) is 1. The molecule has 3 aromatic rings. The van der Waals surface area contributed by atoms with Crippen molar-refractivity contribution in [2.45, 2.75) is 6.42 Å². The topological polar surface area (TPSA) is 76.1 Å². The number of carbonyl (C=O) groups is 1. The molecule has 134 valence electrons. The third-order valence-electron chi connectivity index (χ3n) is 3.61. The van der Waals surface area contributed by atoms with Gasteiger partial charge in [-0.05, 0) is 36.9 Å². The third kappa shape index (κ3) is 5.11. The lowest BCUT2D eigenvalue weighted by Gasteiger charge is -2.07. The number of carbonyl (C=O) groups excluding carboxylic acids is 1. The van der Waals surface area contributed by atoms with Crippen molar-refractivity contribution in [3.8, 4) is 17.0 Å². The summed E-state index contributed by atoms with van der Waals surface area (Å²) in [6, 6.07) is 11.4. The van der Waals surface area contributed by atoms with Crippen LogP contribution in [0.25, 0.3) is 11.3 Å². The van der Waals surface area contributed by atoms with Crippen molar-refractivity contribution in [1.29, 1.82) is 0 Å². The average molecular weight is 368 g/mol. The Morgan fingerprint density at radius 1 is 1.23 bits per heavy atom. The molecule has 0 aliphatic heterocycles. The van der Waals surface area contributed by atoms with E-state index in [-0.39, 0.29) is 12.3 Å². The first kappa shape index (κ1) is 18.0. The number of nitrogens with zero attached hydrogens (tertiary/aromatic N) is 2. The van der Waals surface area contributed by atoms with Crippen LogP contribution in [0.3, 0.4) is 0 Å². The van der Waals surface area contributed by atoms with E-state index >= 15 is 0 Å². The van der Waals surface area contributed by atoms with E-state index in [0.717, 1.165) is 29.1 Å². The lowest BCUT2D eigenvalue weighted by Crippen LogP contribution is -2.16. The van der Waals surface area contributed by atoms with Crippen LogP contribution in [-0.2, 0) is 11.2 Å². The Morgan fingerprint density at radius 2 is 2.08 bits per heavy atom. The van der Waals surface area contributed by atoms with Crippen molar-refractivity contribution in [2.24, 2.45) is 0 Å². The van der Waals surface area contributed by atoms with Gasteiger partial charge in [0, 0.05) is 29.9 Å². The summed E-state index contributed by atoms with van der Waals surface area (Å²) in [4.78, 5) is 20.7. The molecule has 0 unspecified atom stereocenters. The van der Waals surface area contributed by atoms with Crippen LogP contribution in [0, 0.1) is 0 Å². The van der Waals surface area contributed by atoms with Crippen molar-refractivity contribution in [2.75, 3.05) is 25.5 Å². The van der Waals surface area contributed by atoms with Crippen LogP contribution in [-0.4, -0.2) is 36.1 Å². The number of nitrogens with one attached hydrogen (secondary N) is 2. The second-order valence-electron chi connectivity index (χ2n) is 5.60. The summed E-state index contributed by atoms with van der Waals surface area (Å²) in [5.41, 5.74) is 2.70. The second kappa shape index (κ2) is 9.07. The second-order valence-corrected chi connectivity index (χ2v) is 6.46. The van der Waals surface area contributed by atoms with E-state index in [1.165, 1.54) is 11.3 Å². The maximum Gasteiger partial charge on any atom is 0.230 e. The van der Waals surface area contributed by atoms with Crippen molar-refractivity contribution >= 4 is 22.4 Å². The van der Waals surface area contributed by atoms with Gasteiger partial charge in [0.15, 0.2) is 5.13 Å². The highest BCUT2D eigenvalue weighted by Gasteiger charge is 2.09. The summed E-state index contributed by atoms with van der Waals surface area (Å²) in [6.07, 6.45) is 3.71. The molecule has 1 amide bonds. The minimum atomic E-state index is -0.104. The number of pyridine rings is 1. The number of benzene rings is 1. The maximum atomic E-state index is 12.3. The van der Waals surface area contributed by atoms with E-state index in [0.29, 0.717) is 11.7 Å². The number of amides is 1. The van der Waals surface area contributed by atoms with Crippen molar-refractivity contribution in [1.82, 2.24) is 15.3 Å². The fourth-order valence-electron chi connectivity index (χ4n) is 2.35. The van der Waals surface area contributed by atoms with Gasteiger partial charge in [-0.15, -0.1) is 11.3 Å². The smallest absolute Gasteiger partial charge is 0.230 e. The molecule has 2 aromatic heterocycles. The molecule has 6 nitrogen and oxygen atoms in total. The Hall–Kier alpha value is -2.77. The van der Waals surface area contributed by atoms with Gasteiger partial charge in [-0.2, -0.15) is 0 Å². The highest BCUT2D eigenvalue weighted by atomic mass is 32.1. The number of aromatic nitrogens is 2. The monoisotopic (exact) mass is 368 g/mol. The lowest BCUT2D eigenvalue weighted by molar-refractivity contribution is -0.115. The average Bonchev–Trinajstić information content (AvgIpc) is 3.11. The number of hydrogen-bond donors (Lipinski definition) is 2. The van der Waals surface area contributed by atoms with E-state index in [4.69, 9.17) is 4.74 Å². The van der Waals surface area contributed by atoms with Crippen LogP contribution in [0.2, 0.25) is 0 Å². The molecule has 0 radical (unpaired) electrons. The highest BCUT2D eigenvalue weighted by molar-refractivity contribution is 7.14. The molecule has 2 N–H and O–H groups in total. The largest absolute Gasteiger partial charge is 0.492 e. The first-order valence-corrected chi connectivity index (χ1v) is 9.14. The minimum absolute atomic E-state index is 0.104. The van der Waals surface area contributed by atoms with Crippen LogP contribution >= 0.6 is 11.3 Å². The standard InChI is InChI=1S/C19H20N4O2S/c1-20-9-10-25-16-4-2-3-14(11-16)12-18(24)23-19-22-17(13-26-19)15-5-7-21-8-6-15/h2-8,11,13,20H,9-10,12H2,1H3,(H,22,23,24). The first-order valence-electron chi connectivity index (χ1n) is 8.27. The zero-order valence-corrected chi connectivity index (χ0v) is 15.3. The fraction of sp³-hybridized carbons (Fsp3) is 0.211. The Morgan fingerprint density at radius 3 is 2.88 bits per heavy atom. The van der Waals surface area contributed by atoms with Crippen LogP contribution in [0.1, 0.15) is 5.56 Å². The summed E-state index contributed by atoms with van der Waals surface area (Å²) in [7, 11) is 1.88. The molecular formula is C19H20N4O2S. The molecular weight excluding hydrogens is 348 g/mol. The van der Waals surface area contributed by atoms with Crippen LogP contribution in [0.4, 0.5) is 5.13 Å². The molecule has 0 fully saturated rings. The molecule has 0 saturated carbocycles. The van der Waals surface area contributed by atoms with Crippen LogP contribution < -0.4 is 15.4 Å².